The molecule has 15 heteroatoms. The third kappa shape index (κ3) is 59600. The minimum absolute atomic E-state index is 0. The van der Waals surface area contributed by atoms with Crippen molar-refractivity contribution in [2.24, 2.45) is 0 Å². The van der Waals surface area contributed by atoms with E-state index in [0.717, 1.165) is 6.42 Å². The first-order chi connectivity index (χ1) is 13.4. The van der Waals surface area contributed by atoms with E-state index in [4.69, 9.17) is 57.7 Å². The van der Waals surface area contributed by atoms with Gasteiger partial charge in [0.15, 0.2) is 0 Å². The third-order valence-corrected chi connectivity index (χ3v) is 0.335. The molecule has 30 heavy (non-hydrogen) atoms. The fourth-order valence-electron chi connectivity index (χ4n) is 0.112. The topological polar surface area (TPSA) is 223 Å². The Morgan fingerprint density at radius 1 is 0.400 bits per heavy atom. The SMILES string of the molecule is [C-]#[N+]CCC.[C-]#[O+].[C-]#[O+].[C-]#[O+].[C-]#[O+].[C-]#[O+].[C-]#[O+].[C-]#[O+].[C-]#[O+].[C-]#[O+].[C-]#[O+].[C-]#[O+].[Os].[Os].[Os]. The van der Waals surface area contributed by atoms with Crippen LogP contribution in [0.4, 0.5) is 0 Å². The van der Waals surface area contributed by atoms with Crippen LogP contribution in [0.3, 0.4) is 0 Å². The first-order valence-electron chi connectivity index (χ1n) is 3.99. The summed E-state index contributed by atoms with van der Waals surface area (Å²) in [6.45, 7) is 58.4. The normalized spacial score (nSPS) is 1.80. The molecule has 0 rings (SSSR count). The van der Waals surface area contributed by atoms with E-state index in [0.29, 0.717) is 6.54 Å². The van der Waals surface area contributed by atoms with E-state index in [1.165, 1.54) is 0 Å². The summed E-state index contributed by atoms with van der Waals surface area (Å²) < 4.78 is 82.5. The van der Waals surface area contributed by atoms with Gasteiger partial charge in [0, 0.05) is 65.8 Å². The van der Waals surface area contributed by atoms with Crippen LogP contribution < -0.4 is 0 Å². The zero-order chi connectivity index (χ0) is 26.1. The van der Waals surface area contributed by atoms with E-state index in [2.05, 4.69) is 78.0 Å². The molecule has 0 unspecified atom stereocenters. The summed E-state index contributed by atoms with van der Waals surface area (Å²) in [6, 6.07) is 0. The van der Waals surface area contributed by atoms with E-state index in [-0.39, 0.29) is 59.4 Å². The summed E-state index contributed by atoms with van der Waals surface area (Å²) in [5.41, 5.74) is 0. The molecule has 0 bridgehead atoms. The maximum atomic E-state index is 7.50. The van der Waals surface area contributed by atoms with Gasteiger partial charge in [-0.2, -0.15) is 0 Å². The zero-order valence-corrected chi connectivity index (χ0v) is 22.0. The van der Waals surface area contributed by atoms with Crippen LogP contribution in [0, 0.1) is 79.7 Å². The van der Waals surface area contributed by atoms with Crippen molar-refractivity contribution in [2.45, 2.75) is 13.3 Å². The molecule has 0 N–H and O–H groups in total. The van der Waals surface area contributed by atoms with Crippen LogP contribution in [0.5, 0.6) is 0 Å². The predicted molar refractivity (Wildman–Crippen MR) is 65.0 cm³/mol. The van der Waals surface area contributed by atoms with Crippen molar-refractivity contribution < 1.29 is 111 Å². The van der Waals surface area contributed by atoms with E-state index >= 15 is 0 Å². The first kappa shape index (κ1) is 118. The second-order valence-corrected chi connectivity index (χ2v) is 0.882. The summed E-state index contributed by atoms with van der Waals surface area (Å²) in [6.07, 6.45) is 0.990. The summed E-state index contributed by atoms with van der Waals surface area (Å²) in [5, 5.41) is 0. The van der Waals surface area contributed by atoms with Gasteiger partial charge in [-0.15, -0.1) is 0 Å². The van der Waals surface area contributed by atoms with Gasteiger partial charge in [-0.25, -0.2) is 6.57 Å². The molecule has 0 radical (unpaired) electrons. The Morgan fingerprint density at radius 3 is 0.500 bits per heavy atom. The Hall–Kier alpha value is -1.46. The predicted octanol–water partition coefficient (Wildman–Crippen LogP) is 0.896. The molecule has 0 aromatic rings. The summed E-state index contributed by atoms with van der Waals surface area (Å²) >= 11 is 0. The van der Waals surface area contributed by atoms with Crippen molar-refractivity contribution in [2.75, 3.05) is 6.54 Å². The number of nitrogens with zero attached hydrogens (tertiary/aromatic N) is 1. The Kier molecular flexibility index (Phi) is 32200. The van der Waals surface area contributed by atoms with Gasteiger partial charge in [0.25, 0.3) is 0 Å². The standard InChI is InChI=1S/C4H7N.11CO.3Os/c1-3-4-5-2;11*1-2;;;/h3-4H2,1H3;;;;;;;;;;;;;;. The molecule has 0 aromatic heterocycles. The van der Waals surface area contributed by atoms with Crippen molar-refractivity contribution in [3.05, 3.63) is 84.6 Å². The molecule has 0 spiro atoms. The van der Waals surface area contributed by atoms with Gasteiger partial charge >= 0.3 is 124 Å². The van der Waals surface area contributed by atoms with Crippen LogP contribution in [0.1, 0.15) is 13.3 Å². The van der Waals surface area contributed by atoms with E-state index in [1.807, 2.05) is 6.92 Å². The van der Waals surface area contributed by atoms with Crippen LogP contribution in [0.25, 0.3) is 4.85 Å². The van der Waals surface area contributed by atoms with E-state index < -0.39 is 0 Å². The molecular weight excluding hydrogens is 941 g/mol. The minimum atomic E-state index is 0. The van der Waals surface area contributed by atoms with Crippen molar-refractivity contribution in [1.82, 2.24) is 0 Å². The zero-order valence-electron chi connectivity index (χ0n) is 14.4. The largest absolute Gasteiger partial charge is 0 e. The maximum absolute atomic E-state index is 7.50. The second-order valence-electron chi connectivity index (χ2n) is 0.882. The van der Waals surface area contributed by atoms with Crippen LogP contribution in [-0.2, 0) is 111 Å². The van der Waals surface area contributed by atoms with Crippen molar-refractivity contribution >= 4 is 0 Å². The van der Waals surface area contributed by atoms with Gasteiger partial charge in [0.1, 0.15) is 0 Å². The van der Waals surface area contributed by atoms with Crippen molar-refractivity contribution in [3.8, 4) is 0 Å². The van der Waals surface area contributed by atoms with Gasteiger partial charge in [0.05, 0.1) is 0 Å². The monoisotopic (exact) mass is 953 g/mol. The summed E-state index contributed by atoms with van der Waals surface area (Å²) in [7, 11) is 0. The molecule has 0 aromatic carbocycles. The maximum Gasteiger partial charge on any atom is 0 e. The van der Waals surface area contributed by atoms with E-state index in [9.17, 15) is 0 Å². The Bertz CT molecular complexity index is 309. The molecule has 12 nitrogen and oxygen atoms in total. The molecule has 0 fully saturated rings. The van der Waals surface area contributed by atoms with Crippen LogP contribution >= 0.6 is 0 Å². The fourth-order valence-corrected chi connectivity index (χ4v) is 0.112. The average Bonchev–Trinajstić information content (AvgIpc) is 2.88. The average molecular weight is 948 g/mol. The quantitative estimate of drug-likeness (QED) is 0.264. The second kappa shape index (κ2) is 8190. The molecule has 0 heterocycles. The van der Waals surface area contributed by atoms with Gasteiger partial charge in [0.2, 0.25) is 6.54 Å². The van der Waals surface area contributed by atoms with Crippen molar-refractivity contribution in [3.63, 3.8) is 0 Å². The molecule has 0 aliphatic heterocycles. The Labute approximate surface area is 214 Å². The molecule has 0 amide bonds. The molecule has 0 saturated heterocycles. The van der Waals surface area contributed by atoms with Crippen LogP contribution in [-0.4, -0.2) is 6.54 Å². The van der Waals surface area contributed by atoms with Gasteiger partial charge in [-0.05, 0) is 0 Å². The Morgan fingerprint density at radius 2 is 0.500 bits per heavy atom. The van der Waals surface area contributed by atoms with Gasteiger partial charge < -0.3 is 4.85 Å². The number of hydrogen-bond acceptors (Lipinski definition) is 0. The minimum Gasteiger partial charge on any atom is 0 e. The first-order valence-corrected chi connectivity index (χ1v) is 3.99. The van der Waals surface area contributed by atoms with E-state index in [1.54, 1.807) is 0 Å². The third-order valence-electron chi connectivity index (χ3n) is 0.335. The molecule has 0 atom stereocenters. The number of hydrogen-bond donors (Lipinski definition) is 0. The van der Waals surface area contributed by atoms with Crippen LogP contribution in [0.15, 0.2) is 0 Å². The van der Waals surface area contributed by atoms with Crippen molar-refractivity contribution in [1.29, 1.82) is 0 Å². The molecule has 0 aliphatic carbocycles. The van der Waals surface area contributed by atoms with Gasteiger partial charge in [-0.3, -0.25) is 0 Å². The molecule has 162 valence electrons. The fraction of sp³-hybridized carbons (Fsp3) is 0.200. The summed E-state index contributed by atoms with van der Waals surface area (Å²) in [4.78, 5) is 3.10. The molecular formula is C15H7NO11Os3. The molecule has 0 aliphatic rings. The number of rotatable bonds is 1. The summed E-state index contributed by atoms with van der Waals surface area (Å²) in [5.74, 6) is 0. The molecule has 0 saturated carbocycles. The smallest absolute Gasteiger partial charge is 0 e. The van der Waals surface area contributed by atoms with Crippen LogP contribution in [0.2, 0.25) is 0 Å². The Balaban J connectivity index is -0.00000000638. The van der Waals surface area contributed by atoms with Gasteiger partial charge in [-0.1, -0.05) is 6.92 Å².